The van der Waals surface area contributed by atoms with Crippen LogP contribution in [0.25, 0.3) is 0 Å². The van der Waals surface area contributed by atoms with Crippen LogP contribution in [0.4, 0.5) is 11.4 Å². The summed E-state index contributed by atoms with van der Waals surface area (Å²) < 4.78 is 20.6. The lowest BCUT2D eigenvalue weighted by Gasteiger charge is -2.15. The molecule has 2 aromatic carbocycles. The second kappa shape index (κ2) is 10.8. The Morgan fingerprint density at radius 2 is 1.68 bits per heavy atom. The number of carbonyl (C=O) groups is 2. The number of esters is 1. The van der Waals surface area contributed by atoms with E-state index in [1.165, 1.54) is 51.7 Å². The molecule has 0 unspecified atom stereocenters. The van der Waals surface area contributed by atoms with Gasteiger partial charge in [0.15, 0.2) is 5.75 Å². The number of ether oxygens (including phenoxy) is 4. The Bertz CT molecular complexity index is 957. The number of amides is 1. The van der Waals surface area contributed by atoms with E-state index in [0.29, 0.717) is 17.9 Å². The fourth-order valence-electron chi connectivity index (χ4n) is 2.78. The van der Waals surface area contributed by atoms with Gasteiger partial charge in [-0.2, -0.15) is 0 Å². The smallest absolute Gasteiger partial charge is 0.338 e. The molecule has 166 valence electrons. The Hall–Kier alpha value is -3.82. The third-order valence-electron chi connectivity index (χ3n) is 4.34. The molecule has 0 saturated carbocycles. The SMILES string of the molecule is CCCCOC(=O)c1ccc(NC(=O)c2cc(OC)c(OC)c(OC)c2[N+](=O)[O-])cc1. The van der Waals surface area contributed by atoms with Crippen LogP contribution in [0.5, 0.6) is 17.2 Å². The van der Waals surface area contributed by atoms with Crippen molar-refractivity contribution in [1.29, 1.82) is 0 Å². The first-order chi connectivity index (χ1) is 14.9. The van der Waals surface area contributed by atoms with Crippen LogP contribution in [0.2, 0.25) is 0 Å². The third-order valence-corrected chi connectivity index (χ3v) is 4.34. The number of nitrogens with one attached hydrogen (secondary N) is 1. The highest BCUT2D eigenvalue weighted by Crippen LogP contribution is 2.46. The first-order valence-electron chi connectivity index (χ1n) is 9.43. The predicted octanol–water partition coefficient (Wildman–Crippen LogP) is 3.83. The van der Waals surface area contributed by atoms with Crippen LogP contribution in [0.3, 0.4) is 0 Å². The normalized spacial score (nSPS) is 10.2. The van der Waals surface area contributed by atoms with Crippen molar-refractivity contribution in [3.63, 3.8) is 0 Å². The molecule has 0 bridgehead atoms. The standard InChI is InChI=1S/C21H24N2O8/c1-5-6-11-31-21(25)13-7-9-14(10-8-13)22-20(24)15-12-16(28-2)18(29-3)19(30-4)17(15)23(26)27/h7-10,12H,5-6,11H2,1-4H3,(H,22,24). The van der Waals surface area contributed by atoms with Gasteiger partial charge in [0, 0.05) is 11.8 Å². The number of benzene rings is 2. The van der Waals surface area contributed by atoms with Gasteiger partial charge in [-0.25, -0.2) is 4.79 Å². The maximum Gasteiger partial charge on any atom is 0.338 e. The molecule has 0 aliphatic heterocycles. The van der Waals surface area contributed by atoms with Crippen LogP contribution in [-0.4, -0.2) is 44.7 Å². The summed E-state index contributed by atoms with van der Waals surface area (Å²) in [5.41, 5.74) is -0.178. The summed E-state index contributed by atoms with van der Waals surface area (Å²) in [6, 6.07) is 7.19. The fraction of sp³-hybridized carbons (Fsp3) is 0.333. The number of unbranched alkanes of at least 4 members (excludes halogenated alkanes) is 1. The van der Waals surface area contributed by atoms with E-state index in [0.717, 1.165) is 12.8 Å². The van der Waals surface area contributed by atoms with Gasteiger partial charge in [0.05, 0.1) is 38.4 Å². The van der Waals surface area contributed by atoms with E-state index in [1.807, 2.05) is 6.92 Å². The number of methoxy groups -OCH3 is 3. The molecule has 0 aliphatic rings. The Balaban J connectivity index is 2.31. The maximum atomic E-state index is 12.8. The number of hydrogen-bond acceptors (Lipinski definition) is 8. The summed E-state index contributed by atoms with van der Waals surface area (Å²) in [5, 5.41) is 14.2. The second-order valence-corrected chi connectivity index (χ2v) is 6.32. The molecule has 0 saturated heterocycles. The molecule has 0 atom stereocenters. The van der Waals surface area contributed by atoms with Gasteiger partial charge in [-0.15, -0.1) is 0 Å². The highest BCUT2D eigenvalue weighted by molar-refractivity contribution is 6.08. The lowest BCUT2D eigenvalue weighted by molar-refractivity contribution is -0.386. The van der Waals surface area contributed by atoms with Gasteiger partial charge in [-0.1, -0.05) is 13.3 Å². The number of hydrogen-bond donors (Lipinski definition) is 1. The number of anilines is 1. The lowest BCUT2D eigenvalue weighted by atomic mass is 10.1. The zero-order chi connectivity index (χ0) is 23.0. The summed E-state index contributed by atoms with van der Waals surface area (Å²) in [6.07, 6.45) is 1.68. The van der Waals surface area contributed by atoms with Gasteiger partial charge < -0.3 is 24.3 Å². The number of rotatable bonds is 10. The molecular weight excluding hydrogens is 408 g/mol. The molecule has 1 amide bonds. The summed E-state index contributed by atoms with van der Waals surface area (Å²) in [5.74, 6) is -1.36. The van der Waals surface area contributed by atoms with Crippen molar-refractivity contribution < 1.29 is 33.5 Å². The Kier molecular flexibility index (Phi) is 8.18. The third kappa shape index (κ3) is 5.41. The molecule has 0 aliphatic carbocycles. The van der Waals surface area contributed by atoms with Crippen molar-refractivity contribution in [2.45, 2.75) is 19.8 Å². The molecule has 0 spiro atoms. The van der Waals surface area contributed by atoms with Gasteiger partial charge in [0.25, 0.3) is 5.91 Å². The summed E-state index contributed by atoms with van der Waals surface area (Å²) in [4.78, 5) is 35.7. The van der Waals surface area contributed by atoms with Crippen LogP contribution in [-0.2, 0) is 4.74 Å². The molecule has 0 heterocycles. The molecule has 31 heavy (non-hydrogen) atoms. The average Bonchev–Trinajstić information content (AvgIpc) is 2.77. The van der Waals surface area contributed by atoms with Gasteiger partial charge >= 0.3 is 11.7 Å². The highest BCUT2D eigenvalue weighted by Gasteiger charge is 2.32. The number of nitro groups is 1. The minimum absolute atomic E-state index is 0.000752. The van der Waals surface area contributed by atoms with Gasteiger partial charge in [-0.05, 0) is 30.7 Å². The lowest BCUT2D eigenvalue weighted by Crippen LogP contribution is -2.15. The number of carbonyl (C=O) groups excluding carboxylic acids is 2. The zero-order valence-corrected chi connectivity index (χ0v) is 17.7. The Labute approximate surface area is 179 Å². The topological polar surface area (TPSA) is 126 Å². The average molecular weight is 432 g/mol. The largest absolute Gasteiger partial charge is 0.493 e. The van der Waals surface area contributed by atoms with Gasteiger partial charge in [-0.3, -0.25) is 14.9 Å². The summed E-state index contributed by atoms with van der Waals surface area (Å²) in [6.45, 7) is 2.32. The van der Waals surface area contributed by atoms with Crippen molar-refractivity contribution in [3.8, 4) is 17.2 Å². The second-order valence-electron chi connectivity index (χ2n) is 6.32. The van der Waals surface area contributed by atoms with Crippen LogP contribution < -0.4 is 19.5 Å². The first-order valence-corrected chi connectivity index (χ1v) is 9.43. The molecule has 10 nitrogen and oxygen atoms in total. The van der Waals surface area contributed by atoms with E-state index >= 15 is 0 Å². The van der Waals surface area contributed by atoms with Crippen molar-refractivity contribution in [2.24, 2.45) is 0 Å². The number of nitro benzene ring substituents is 1. The quantitative estimate of drug-likeness (QED) is 0.260. The van der Waals surface area contributed by atoms with E-state index in [9.17, 15) is 19.7 Å². The highest BCUT2D eigenvalue weighted by atomic mass is 16.6. The summed E-state index contributed by atoms with van der Waals surface area (Å²) >= 11 is 0. The molecule has 2 aromatic rings. The van der Waals surface area contributed by atoms with Crippen LogP contribution in [0, 0.1) is 10.1 Å². The van der Waals surface area contributed by atoms with Crippen molar-refractivity contribution in [1.82, 2.24) is 0 Å². The van der Waals surface area contributed by atoms with Gasteiger partial charge in [0.2, 0.25) is 11.5 Å². The molecule has 0 radical (unpaired) electrons. The van der Waals surface area contributed by atoms with E-state index in [-0.39, 0.29) is 22.8 Å². The minimum Gasteiger partial charge on any atom is -0.493 e. The van der Waals surface area contributed by atoms with Crippen LogP contribution in [0.1, 0.15) is 40.5 Å². The van der Waals surface area contributed by atoms with Crippen LogP contribution in [0.15, 0.2) is 30.3 Å². The zero-order valence-electron chi connectivity index (χ0n) is 17.7. The van der Waals surface area contributed by atoms with Crippen LogP contribution >= 0.6 is 0 Å². The van der Waals surface area contributed by atoms with E-state index in [4.69, 9.17) is 18.9 Å². The molecule has 2 rings (SSSR count). The molecule has 0 aromatic heterocycles. The minimum atomic E-state index is -0.760. The summed E-state index contributed by atoms with van der Waals surface area (Å²) in [7, 11) is 3.87. The monoisotopic (exact) mass is 432 g/mol. The van der Waals surface area contributed by atoms with E-state index < -0.39 is 22.5 Å². The Morgan fingerprint density at radius 1 is 1.03 bits per heavy atom. The molecular formula is C21H24N2O8. The molecule has 10 heteroatoms. The molecule has 1 N–H and O–H groups in total. The first kappa shape index (κ1) is 23.5. The number of nitrogens with zero attached hydrogens (tertiary/aromatic N) is 1. The van der Waals surface area contributed by atoms with Crippen molar-refractivity contribution in [3.05, 3.63) is 51.6 Å². The van der Waals surface area contributed by atoms with E-state index in [1.54, 1.807) is 0 Å². The predicted molar refractivity (Wildman–Crippen MR) is 112 cm³/mol. The van der Waals surface area contributed by atoms with E-state index in [2.05, 4.69) is 5.32 Å². The fourth-order valence-corrected chi connectivity index (χ4v) is 2.78. The van der Waals surface area contributed by atoms with Crippen molar-refractivity contribution in [2.75, 3.05) is 33.3 Å². The molecule has 0 fully saturated rings. The maximum absolute atomic E-state index is 12.8. The Morgan fingerprint density at radius 3 is 2.19 bits per heavy atom. The van der Waals surface area contributed by atoms with Gasteiger partial charge in [0.1, 0.15) is 5.56 Å². The van der Waals surface area contributed by atoms with Crippen molar-refractivity contribution >= 4 is 23.3 Å².